The van der Waals surface area contributed by atoms with E-state index in [-0.39, 0.29) is 17.7 Å². The van der Waals surface area contributed by atoms with Crippen molar-refractivity contribution in [1.29, 1.82) is 0 Å². The number of carbonyl (C=O) groups is 1. The lowest BCUT2D eigenvalue weighted by atomic mass is 9.81. The molecule has 31 heavy (non-hydrogen) atoms. The minimum Gasteiger partial charge on any atom is -0.497 e. The third kappa shape index (κ3) is 5.69. The van der Waals surface area contributed by atoms with E-state index >= 15 is 0 Å². The second kappa shape index (κ2) is 10.2. The summed E-state index contributed by atoms with van der Waals surface area (Å²) in [7, 11) is 1.59. The molecule has 2 aromatic rings. The molecule has 2 heterocycles. The van der Waals surface area contributed by atoms with E-state index in [4.69, 9.17) is 4.74 Å². The molecule has 7 heteroatoms. The summed E-state index contributed by atoms with van der Waals surface area (Å²) >= 11 is 2.02. The predicted molar refractivity (Wildman–Crippen MR) is 122 cm³/mol. The van der Waals surface area contributed by atoms with Crippen LogP contribution in [0, 0.1) is 17.7 Å². The summed E-state index contributed by atoms with van der Waals surface area (Å²) in [6, 6.07) is 5.50. The molecule has 1 aliphatic heterocycles. The third-order valence-corrected chi connectivity index (χ3v) is 7.94. The first-order chi connectivity index (χ1) is 15.0. The lowest BCUT2D eigenvalue weighted by Gasteiger charge is -2.36. The van der Waals surface area contributed by atoms with E-state index in [1.54, 1.807) is 7.11 Å². The van der Waals surface area contributed by atoms with Crippen molar-refractivity contribution < 1.29 is 19.0 Å². The number of methoxy groups -OCH3 is 1. The number of hydrogen-bond donors (Lipinski definition) is 1. The number of aryl methyl sites for hydroxylation is 1. The van der Waals surface area contributed by atoms with Gasteiger partial charge in [-0.3, -0.25) is 9.78 Å². The van der Waals surface area contributed by atoms with E-state index in [2.05, 4.69) is 9.88 Å². The number of rotatable bonds is 10. The van der Waals surface area contributed by atoms with Crippen molar-refractivity contribution in [3.8, 4) is 5.75 Å². The smallest absolute Gasteiger partial charge is 0.308 e. The van der Waals surface area contributed by atoms with Crippen LogP contribution in [0.4, 0.5) is 4.39 Å². The lowest BCUT2D eigenvalue weighted by Crippen LogP contribution is -2.44. The molecular formula is C24H31FN2O3S. The topological polar surface area (TPSA) is 62.7 Å². The molecule has 1 aromatic heterocycles. The molecule has 5 nitrogen and oxygen atoms in total. The third-order valence-electron chi connectivity index (χ3n) is 6.58. The van der Waals surface area contributed by atoms with E-state index in [1.165, 1.54) is 19.0 Å². The van der Waals surface area contributed by atoms with Crippen molar-refractivity contribution in [3.05, 3.63) is 35.8 Å². The summed E-state index contributed by atoms with van der Waals surface area (Å²) in [5, 5.41) is 11.4. The number of thioether (sulfide) groups is 1. The minimum atomic E-state index is -0.699. The summed E-state index contributed by atoms with van der Waals surface area (Å²) in [4.78, 5) is 18.4. The van der Waals surface area contributed by atoms with Crippen LogP contribution in [0.15, 0.2) is 24.4 Å². The van der Waals surface area contributed by atoms with Crippen LogP contribution in [-0.2, 0) is 11.2 Å². The van der Waals surface area contributed by atoms with Crippen LogP contribution in [0.1, 0.15) is 37.7 Å². The largest absolute Gasteiger partial charge is 0.497 e. The number of carboxylic acids is 1. The molecule has 1 saturated heterocycles. The molecule has 4 rings (SSSR count). The molecule has 1 saturated carbocycles. The van der Waals surface area contributed by atoms with E-state index in [0.29, 0.717) is 24.3 Å². The van der Waals surface area contributed by atoms with E-state index in [1.807, 2.05) is 30.0 Å². The van der Waals surface area contributed by atoms with Gasteiger partial charge in [0.05, 0.1) is 24.7 Å². The summed E-state index contributed by atoms with van der Waals surface area (Å²) in [6.07, 6.45) is 6.99. The molecule has 0 radical (unpaired) electrons. The summed E-state index contributed by atoms with van der Waals surface area (Å²) < 4.78 is 19.8. The molecule has 168 valence electrons. The van der Waals surface area contributed by atoms with Gasteiger partial charge < -0.3 is 14.7 Å². The Morgan fingerprint density at radius 1 is 1.35 bits per heavy atom. The summed E-state index contributed by atoms with van der Waals surface area (Å²) in [5.41, 5.74) is 1.39. The molecular weight excluding hydrogens is 415 g/mol. The van der Waals surface area contributed by atoms with Gasteiger partial charge in [0, 0.05) is 29.5 Å². The fourth-order valence-corrected chi connectivity index (χ4v) is 5.77. The number of halogens is 1. The molecule has 0 bridgehead atoms. The molecule has 1 aromatic carbocycles. The first kappa shape index (κ1) is 22.3. The maximum atomic E-state index is 14.6. The first-order valence-electron chi connectivity index (χ1n) is 11.2. The molecule has 1 aliphatic carbocycles. The molecule has 0 unspecified atom stereocenters. The molecule has 2 fully saturated rings. The van der Waals surface area contributed by atoms with Crippen molar-refractivity contribution >= 4 is 28.6 Å². The van der Waals surface area contributed by atoms with Crippen LogP contribution in [0.2, 0.25) is 0 Å². The van der Waals surface area contributed by atoms with Gasteiger partial charge >= 0.3 is 5.97 Å². The zero-order valence-electron chi connectivity index (χ0n) is 18.1. The summed E-state index contributed by atoms with van der Waals surface area (Å²) in [6.45, 7) is 2.58. The van der Waals surface area contributed by atoms with Gasteiger partial charge in [-0.05, 0) is 74.8 Å². The standard InChI is InChI=1S/C24H31FN2O3S/c1-30-17-5-8-23-20(13-17)19(22(25)14-26-23)4-2-3-16-9-10-27(15-21(16)24(28)29)11-12-31-18-6-7-18/h5,8,13-14,16,18,21H,2-4,6-7,9-12,15H2,1H3,(H,28,29)/t16-,21+/m0/s1. The highest BCUT2D eigenvalue weighted by atomic mass is 32.2. The molecule has 2 aliphatic rings. The average Bonchev–Trinajstić information content (AvgIpc) is 3.60. The number of ether oxygens (including phenoxy) is 1. The van der Waals surface area contributed by atoms with Crippen molar-refractivity contribution in [2.45, 2.75) is 43.8 Å². The van der Waals surface area contributed by atoms with E-state index < -0.39 is 5.97 Å². The Kier molecular flexibility index (Phi) is 7.33. The quantitative estimate of drug-likeness (QED) is 0.574. The number of aromatic nitrogens is 1. The monoisotopic (exact) mass is 446 g/mol. The van der Waals surface area contributed by atoms with Gasteiger partial charge in [0.15, 0.2) is 0 Å². The number of nitrogens with zero attached hydrogens (tertiary/aromatic N) is 2. The number of benzene rings is 1. The van der Waals surface area contributed by atoms with Gasteiger partial charge in [0.25, 0.3) is 0 Å². The highest BCUT2D eigenvalue weighted by molar-refractivity contribution is 8.00. The lowest BCUT2D eigenvalue weighted by molar-refractivity contribution is -0.146. The Hall–Kier alpha value is -1.86. The van der Waals surface area contributed by atoms with Gasteiger partial charge in [0.2, 0.25) is 0 Å². The van der Waals surface area contributed by atoms with Crippen LogP contribution in [0.3, 0.4) is 0 Å². The molecule has 0 spiro atoms. The average molecular weight is 447 g/mol. The Balaban J connectivity index is 1.35. The molecule has 1 N–H and O–H groups in total. The number of hydrogen-bond acceptors (Lipinski definition) is 5. The number of pyridine rings is 1. The Morgan fingerprint density at radius 3 is 2.94 bits per heavy atom. The Labute approximate surface area is 187 Å². The molecule has 2 atom stereocenters. The predicted octanol–water partition coefficient (Wildman–Crippen LogP) is 4.62. The maximum Gasteiger partial charge on any atom is 0.308 e. The van der Waals surface area contributed by atoms with Crippen molar-refractivity contribution in [2.24, 2.45) is 11.8 Å². The number of fused-ring (bicyclic) bond motifs is 1. The van der Waals surface area contributed by atoms with Gasteiger partial charge in [-0.1, -0.05) is 0 Å². The second-order valence-electron chi connectivity index (χ2n) is 8.72. The first-order valence-corrected chi connectivity index (χ1v) is 12.3. The Morgan fingerprint density at radius 2 is 2.19 bits per heavy atom. The van der Waals surface area contributed by atoms with Crippen molar-refractivity contribution in [2.75, 3.05) is 32.5 Å². The van der Waals surface area contributed by atoms with Crippen LogP contribution in [0.25, 0.3) is 10.9 Å². The number of likely N-dealkylation sites (tertiary alicyclic amines) is 1. The Bertz CT molecular complexity index is 921. The maximum absolute atomic E-state index is 14.6. The van der Waals surface area contributed by atoms with E-state index in [9.17, 15) is 14.3 Å². The highest BCUT2D eigenvalue weighted by Crippen LogP contribution is 2.35. The van der Waals surface area contributed by atoms with Gasteiger partial charge in [-0.25, -0.2) is 4.39 Å². The van der Waals surface area contributed by atoms with Crippen LogP contribution in [-0.4, -0.2) is 58.7 Å². The SMILES string of the molecule is COc1ccc2ncc(F)c(CCC[C@H]3CCN(CCSC4CC4)C[C@H]3C(=O)O)c2c1. The van der Waals surface area contributed by atoms with Gasteiger partial charge in [0.1, 0.15) is 11.6 Å². The number of aliphatic carboxylic acids is 1. The van der Waals surface area contributed by atoms with Gasteiger partial charge in [-0.2, -0.15) is 11.8 Å². The van der Waals surface area contributed by atoms with Crippen LogP contribution in [0.5, 0.6) is 5.75 Å². The normalized spacial score (nSPS) is 22.0. The van der Waals surface area contributed by atoms with Crippen molar-refractivity contribution in [1.82, 2.24) is 9.88 Å². The van der Waals surface area contributed by atoms with Crippen molar-refractivity contribution in [3.63, 3.8) is 0 Å². The number of piperidine rings is 1. The second-order valence-corrected chi connectivity index (χ2v) is 10.1. The fraction of sp³-hybridized carbons (Fsp3) is 0.583. The molecule has 0 amide bonds. The van der Waals surface area contributed by atoms with Gasteiger partial charge in [-0.15, -0.1) is 0 Å². The zero-order valence-corrected chi connectivity index (χ0v) is 18.9. The zero-order chi connectivity index (χ0) is 21.8. The summed E-state index contributed by atoms with van der Waals surface area (Å²) in [5.74, 6) is 0.585. The van der Waals surface area contributed by atoms with Crippen LogP contribution < -0.4 is 4.74 Å². The number of carboxylic acid groups (broad SMARTS) is 1. The highest BCUT2D eigenvalue weighted by Gasteiger charge is 2.34. The minimum absolute atomic E-state index is 0.149. The van der Waals surface area contributed by atoms with E-state index in [0.717, 1.165) is 54.3 Å². The van der Waals surface area contributed by atoms with Crippen LogP contribution >= 0.6 is 11.8 Å². The fourth-order valence-electron chi connectivity index (χ4n) is 4.60.